The molecule has 1 saturated heterocycles. The Balaban J connectivity index is 1.59. The summed E-state index contributed by atoms with van der Waals surface area (Å²) in [6.45, 7) is 6.60. The lowest BCUT2D eigenvalue weighted by atomic mass is 9.98. The van der Waals surface area contributed by atoms with E-state index in [-0.39, 0.29) is 24.5 Å². The maximum atomic E-state index is 12.6. The standard InChI is InChI=1S/C24H29NO4S/c1-16(2)19-11-6-8-17(3)23(19)25-22(26)14-29-24(27)20-10-4-5-12-21(20)30-15-18-9-7-13-28-18/h4-6,8,10-12,16,18H,7,9,13-15H2,1-3H3,(H,25,26)/t18-/m1/s1. The van der Waals surface area contributed by atoms with Crippen LogP contribution >= 0.6 is 11.8 Å². The van der Waals surface area contributed by atoms with Crippen molar-refractivity contribution in [1.82, 2.24) is 0 Å². The molecule has 0 radical (unpaired) electrons. The lowest BCUT2D eigenvalue weighted by Crippen LogP contribution is -2.22. The fourth-order valence-electron chi connectivity index (χ4n) is 3.45. The van der Waals surface area contributed by atoms with Crippen LogP contribution in [0.5, 0.6) is 0 Å². The van der Waals surface area contributed by atoms with Crippen molar-refractivity contribution in [2.45, 2.75) is 50.5 Å². The third-order valence-electron chi connectivity index (χ3n) is 5.08. The smallest absolute Gasteiger partial charge is 0.339 e. The number of benzene rings is 2. The van der Waals surface area contributed by atoms with Crippen molar-refractivity contribution < 1.29 is 19.1 Å². The topological polar surface area (TPSA) is 64.6 Å². The number of hydrogen-bond donors (Lipinski definition) is 1. The van der Waals surface area contributed by atoms with Gasteiger partial charge in [-0.2, -0.15) is 0 Å². The largest absolute Gasteiger partial charge is 0.452 e. The molecule has 1 heterocycles. The fraction of sp³-hybridized carbons (Fsp3) is 0.417. The highest BCUT2D eigenvalue weighted by Gasteiger charge is 2.19. The van der Waals surface area contributed by atoms with Gasteiger partial charge in [0.1, 0.15) is 0 Å². The highest BCUT2D eigenvalue weighted by molar-refractivity contribution is 7.99. The van der Waals surface area contributed by atoms with Gasteiger partial charge >= 0.3 is 5.97 Å². The lowest BCUT2D eigenvalue weighted by Gasteiger charge is -2.16. The second kappa shape index (κ2) is 10.6. The SMILES string of the molecule is Cc1cccc(C(C)C)c1NC(=O)COC(=O)c1ccccc1SC[C@H]1CCCO1. The monoisotopic (exact) mass is 427 g/mol. The van der Waals surface area contributed by atoms with Crippen molar-refractivity contribution in [3.63, 3.8) is 0 Å². The summed E-state index contributed by atoms with van der Waals surface area (Å²) >= 11 is 1.59. The lowest BCUT2D eigenvalue weighted by molar-refractivity contribution is -0.119. The van der Waals surface area contributed by atoms with E-state index in [1.165, 1.54) is 0 Å². The predicted molar refractivity (Wildman–Crippen MR) is 120 cm³/mol. The van der Waals surface area contributed by atoms with Crippen molar-refractivity contribution in [1.29, 1.82) is 0 Å². The molecule has 30 heavy (non-hydrogen) atoms. The van der Waals surface area contributed by atoms with Gasteiger partial charge in [-0.25, -0.2) is 4.79 Å². The summed E-state index contributed by atoms with van der Waals surface area (Å²) < 4.78 is 11.0. The van der Waals surface area contributed by atoms with Crippen LogP contribution in [-0.2, 0) is 14.3 Å². The maximum absolute atomic E-state index is 12.6. The minimum Gasteiger partial charge on any atom is -0.452 e. The molecule has 0 aliphatic carbocycles. The first-order valence-corrected chi connectivity index (χ1v) is 11.3. The van der Waals surface area contributed by atoms with E-state index in [0.717, 1.165) is 46.9 Å². The normalized spacial score (nSPS) is 15.9. The van der Waals surface area contributed by atoms with E-state index in [9.17, 15) is 9.59 Å². The van der Waals surface area contributed by atoms with Crippen LogP contribution < -0.4 is 5.32 Å². The maximum Gasteiger partial charge on any atom is 0.339 e. The van der Waals surface area contributed by atoms with Gasteiger partial charge in [-0.05, 0) is 48.9 Å². The number of esters is 1. The fourth-order valence-corrected chi connectivity index (χ4v) is 4.56. The molecule has 2 aromatic rings. The number of hydrogen-bond acceptors (Lipinski definition) is 5. The van der Waals surface area contributed by atoms with Gasteiger partial charge in [0, 0.05) is 22.9 Å². The summed E-state index contributed by atoms with van der Waals surface area (Å²) in [6, 6.07) is 13.3. The molecule has 0 unspecified atom stereocenters. The molecule has 1 fully saturated rings. The van der Waals surface area contributed by atoms with Gasteiger partial charge in [-0.1, -0.05) is 44.2 Å². The summed E-state index contributed by atoms with van der Waals surface area (Å²) in [7, 11) is 0. The molecule has 0 bridgehead atoms. The Bertz CT molecular complexity index is 891. The number of para-hydroxylation sites is 1. The van der Waals surface area contributed by atoms with Gasteiger partial charge in [-0.3, -0.25) is 4.79 Å². The van der Waals surface area contributed by atoms with Gasteiger partial charge in [0.25, 0.3) is 5.91 Å². The van der Waals surface area contributed by atoms with Crippen molar-refractivity contribution >= 4 is 29.3 Å². The highest BCUT2D eigenvalue weighted by atomic mass is 32.2. The van der Waals surface area contributed by atoms with Gasteiger partial charge in [0.05, 0.1) is 11.7 Å². The molecule has 1 N–H and O–H groups in total. The van der Waals surface area contributed by atoms with Crippen LogP contribution in [0.2, 0.25) is 0 Å². The summed E-state index contributed by atoms with van der Waals surface area (Å²) in [4.78, 5) is 25.9. The Morgan fingerprint density at radius 2 is 2.00 bits per heavy atom. The second-order valence-electron chi connectivity index (χ2n) is 7.76. The first-order valence-electron chi connectivity index (χ1n) is 10.4. The van der Waals surface area contributed by atoms with Gasteiger partial charge < -0.3 is 14.8 Å². The quantitative estimate of drug-likeness (QED) is 0.464. The molecule has 1 aliphatic heterocycles. The summed E-state index contributed by atoms with van der Waals surface area (Å²) in [5, 5.41) is 2.91. The second-order valence-corrected chi connectivity index (χ2v) is 8.82. The molecular weight excluding hydrogens is 398 g/mol. The Labute approximate surface area is 182 Å². The molecular formula is C24H29NO4S. The van der Waals surface area contributed by atoms with Gasteiger partial charge in [-0.15, -0.1) is 11.8 Å². The number of ether oxygens (including phenoxy) is 2. The molecule has 6 heteroatoms. The number of amides is 1. The molecule has 0 spiro atoms. The zero-order chi connectivity index (χ0) is 21.5. The summed E-state index contributed by atoms with van der Waals surface area (Å²) in [5.41, 5.74) is 3.32. The molecule has 0 saturated carbocycles. The van der Waals surface area contributed by atoms with Crippen molar-refractivity contribution in [2.24, 2.45) is 0 Å². The van der Waals surface area contributed by atoms with E-state index >= 15 is 0 Å². The van der Waals surface area contributed by atoms with Crippen LogP contribution in [0.15, 0.2) is 47.4 Å². The molecule has 3 rings (SSSR count). The number of carbonyl (C=O) groups excluding carboxylic acids is 2. The number of rotatable bonds is 8. The Morgan fingerprint density at radius 1 is 1.20 bits per heavy atom. The highest BCUT2D eigenvalue weighted by Crippen LogP contribution is 2.28. The Hall–Kier alpha value is -2.31. The van der Waals surface area contributed by atoms with E-state index in [1.807, 2.05) is 37.3 Å². The number of aryl methyl sites for hydroxylation is 1. The Morgan fingerprint density at radius 3 is 2.73 bits per heavy atom. The predicted octanol–water partition coefficient (Wildman–Crippen LogP) is 5.19. The zero-order valence-electron chi connectivity index (χ0n) is 17.8. The third-order valence-corrected chi connectivity index (χ3v) is 6.29. The number of anilines is 1. The summed E-state index contributed by atoms with van der Waals surface area (Å²) in [6.07, 6.45) is 2.37. The molecule has 1 amide bonds. The number of carbonyl (C=O) groups is 2. The van der Waals surface area contributed by atoms with Crippen LogP contribution in [0.4, 0.5) is 5.69 Å². The van der Waals surface area contributed by atoms with E-state index in [4.69, 9.17) is 9.47 Å². The van der Waals surface area contributed by atoms with Gasteiger partial charge in [0.2, 0.25) is 0 Å². The van der Waals surface area contributed by atoms with Crippen LogP contribution in [0, 0.1) is 6.92 Å². The first kappa shape index (κ1) is 22.4. The van der Waals surface area contributed by atoms with Crippen molar-refractivity contribution in [3.05, 3.63) is 59.2 Å². The average Bonchev–Trinajstić information content (AvgIpc) is 3.25. The average molecular weight is 428 g/mol. The van der Waals surface area contributed by atoms with Gasteiger partial charge in [0.15, 0.2) is 6.61 Å². The first-order chi connectivity index (χ1) is 14.5. The third kappa shape index (κ3) is 5.86. The summed E-state index contributed by atoms with van der Waals surface area (Å²) in [5.74, 6) is 0.241. The molecule has 160 valence electrons. The van der Waals surface area contributed by atoms with E-state index in [2.05, 4.69) is 19.2 Å². The Kier molecular flexibility index (Phi) is 7.94. The van der Waals surface area contributed by atoms with E-state index in [1.54, 1.807) is 23.9 Å². The minimum atomic E-state index is -0.491. The van der Waals surface area contributed by atoms with E-state index < -0.39 is 5.97 Å². The number of thioether (sulfide) groups is 1. The number of nitrogens with one attached hydrogen (secondary N) is 1. The van der Waals surface area contributed by atoms with Crippen LogP contribution in [0.25, 0.3) is 0 Å². The van der Waals surface area contributed by atoms with Crippen molar-refractivity contribution in [3.8, 4) is 0 Å². The van der Waals surface area contributed by atoms with E-state index in [0.29, 0.717) is 5.56 Å². The molecule has 0 aromatic heterocycles. The molecule has 2 aromatic carbocycles. The van der Waals surface area contributed by atoms with Crippen LogP contribution in [0.1, 0.15) is 54.1 Å². The zero-order valence-corrected chi connectivity index (χ0v) is 18.6. The molecule has 1 atom stereocenters. The molecule has 1 aliphatic rings. The minimum absolute atomic E-state index is 0.231. The molecule has 5 nitrogen and oxygen atoms in total. The van der Waals surface area contributed by atoms with Crippen LogP contribution in [0.3, 0.4) is 0 Å². The van der Waals surface area contributed by atoms with Crippen molar-refractivity contribution in [2.75, 3.05) is 24.3 Å². The van der Waals surface area contributed by atoms with Crippen LogP contribution in [-0.4, -0.2) is 36.9 Å².